The van der Waals surface area contributed by atoms with Gasteiger partial charge in [0.15, 0.2) is 0 Å². The highest BCUT2D eigenvalue weighted by molar-refractivity contribution is 5.68. The summed E-state index contributed by atoms with van der Waals surface area (Å²) in [5, 5.41) is 9.42. The summed E-state index contributed by atoms with van der Waals surface area (Å²) in [7, 11) is 0. The van der Waals surface area contributed by atoms with E-state index in [1.165, 1.54) is 11.1 Å². The summed E-state index contributed by atoms with van der Waals surface area (Å²) in [5.41, 5.74) is 6.29. The lowest BCUT2D eigenvalue weighted by molar-refractivity contribution is 0.866. The van der Waals surface area contributed by atoms with Crippen molar-refractivity contribution in [1.29, 1.82) is 5.26 Å². The molecule has 0 radical (unpaired) electrons. The fourth-order valence-electron chi connectivity index (χ4n) is 2.88. The number of nitrogens with zero attached hydrogens (tertiary/aromatic N) is 3. The third-order valence-electron chi connectivity index (χ3n) is 4.27. The van der Waals surface area contributed by atoms with Crippen molar-refractivity contribution >= 4 is 5.65 Å². The second-order valence-corrected chi connectivity index (χ2v) is 6.41. The zero-order chi connectivity index (χ0) is 16.6. The number of imidazole rings is 1. The Balaban J connectivity index is 2.21. The van der Waals surface area contributed by atoms with Gasteiger partial charge in [-0.25, -0.2) is 4.98 Å². The van der Waals surface area contributed by atoms with E-state index in [2.05, 4.69) is 57.2 Å². The molecule has 0 N–H and O–H groups in total. The van der Waals surface area contributed by atoms with E-state index in [0.29, 0.717) is 5.92 Å². The Kier molecular flexibility index (Phi) is 3.92. The summed E-state index contributed by atoms with van der Waals surface area (Å²) < 4.78 is 2.03. The minimum absolute atomic E-state index is 0.215. The zero-order valence-corrected chi connectivity index (χ0v) is 14.0. The number of rotatable bonds is 3. The highest BCUT2D eigenvalue weighted by atomic mass is 15.0. The molecule has 0 aliphatic heterocycles. The van der Waals surface area contributed by atoms with E-state index in [0.717, 1.165) is 22.6 Å². The minimum Gasteiger partial charge on any atom is -0.302 e. The molecule has 3 heteroatoms. The largest absolute Gasteiger partial charge is 0.302 e. The molecule has 0 saturated heterocycles. The molecule has 0 fully saturated rings. The van der Waals surface area contributed by atoms with Crippen LogP contribution >= 0.6 is 0 Å². The van der Waals surface area contributed by atoms with E-state index in [1.807, 2.05) is 23.6 Å². The van der Waals surface area contributed by atoms with Gasteiger partial charge in [-0.05, 0) is 43.0 Å². The Labute approximate surface area is 137 Å². The zero-order valence-electron chi connectivity index (χ0n) is 14.0. The van der Waals surface area contributed by atoms with Crippen LogP contribution in [0.5, 0.6) is 0 Å². The van der Waals surface area contributed by atoms with Crippen molar-refractivity contribution in [2.45, 2.75) is 39.5 Å². The number of aryl methyl sites for hydroxylation is 1. The van der Waals surface area contributed by atoms with Gasteiger partial charge < -0.3 is 4.40 Å². The molecule has 0 spiro atoms. The maximum absolute atomic E-state index is 9.42. The van der Waals surface area contributed by atoms with Gasteiger partial charge in [0.1, 0.15) is 5.65 Å². The van der Waals surface area contributed by atoms with Gasteiger partial charge in [-0.2, -0.15) is 5.26 Å². The summed E-state index contributed by atoms with van der Waals surface area (Å²) in [6.45, 7) is 8.35. The average molecular weight is 303 g/mol. The van der Waals surface area contributed by atoms with Crippen molar-refractivity contribution in [2.24, 2.45) is 0 Å². The smallest absolute Gasteiger partial charge is 0.137 e. The first kappa shape index (κ1) is 15.3. The van der Waals surface area contributed by atoms with E-state index in [1.54, 1.807) is 0 Å². The van der Waals surface area contributed by atoms with Gasteiger partial charge in [-0.15, -0.1) is 0 Å². The lowest BCUT2D eigenvalue weighted by Crippen LogP contribution is -1.98. The number of benzene rings is 1. The van der Waals surface area contributed by atoms with Crippen molar-refractivity contribution in [3.05, 3.63) is 59.4 Å². The quantitative estimate of drug-likeness (QED) is 0.678. The van der Waals surface area contributed by atoms with E-state index >= 15 is 0 Å². The molecule has 2 aromatic heterocycles. The molecule has 0 saturated carbocycles. The highest BCUT2D eigenvalue weighted by Gasteiger charge is 2.19. The molecule has 0 aliphatic rings. The molecule has 1 unspecified atom stereocenters. The van der Waals surface area contributed by atoms with Crippen molar-refractivity contribution in [3.8, 4) is 17.3 Å². The van der Waals surface area contributed by atoms with E-state index in [-0.39, 0.29) is 5.92 Å². The molecule has 0 aliphatic carbocycles. The Morgan fingerprint density at radius 1 is 1.09 bits per heavy atom. The van der Waals surface area contributed by atoms with Crippen LogP contribution in [0.15, 0.2) is 42.6 Å². The normalized spacial score (nSPS) is 12.5. The number of nitriles is 1. The fraction of sp³-hybridized carbons (Fsp3) is 0.300. The van der Waals surface area contributed by atoms with Crippen LogP contribution in [0.1, 0.15) is 49.4 Å². The van der Waals surface area contributed by atoms with Gasteiger partial charge in [-0.3, -0.25) is 0 Å². The Hall–Kier alpha value is -2.60. The summed E-state index contributed by atoms with van der Waals surface area (Å²) in [6, 6.07) is 15.0. The van der Waals surface area contributed by atoms with Crippen LogP contribution in [0.2, 0.25) is 0 Å². The second kappa shape index (κ2) is 5.89. The first-order valence-electron chi connectivity index (χ1n) is 8.00. The molecule has 3 rings (SSSR count). The van der Waals surface area contributed by atoms with Crippen LogP contribution in [0.3, 0.4) is 0 Å². The van der Waals surface area contributed by atoms with Gasteiger partial charge in [0.05, 0.1) is 23.4 Å². The summed E-state index contributed by atoms with van der Waals surface area (Å²) in [5.74, 6) is 0.290. The maximum Gasteiger partial charge on any atom is 0.137 e. The molecular weight excluding hydrogens is 282 g/mol. The van der Waals surface area contributed by atoms with Gasteiger partial charge >= 0.3 is 0 Å². The first-order valence-corrected chi connectivity index (χ1v) is 8.00. The standard InChI is InChI=1S/C20H21N3/c1-13(2)16-5-7-17(8-6-16)19-20(15(4)12-21)23-10-9-14(3)11-18(23)22-19/h5-11,13,15H,1-4H3. The van der Waals surface area contributed by atoms with E-state index in [4.69, 9.17) is 4.98 Å². The lowest BCUT2D eigenvalue weighted by atomic mass is 9.98. The van der Waals surface area contributed by atoms with Crippen LogP contribution in [0.25, 0.3) is 16.9 Å². The van der Waals surface area contributed by atoms with E-state index in [9.17, 15) is 5.26 Å². The monoisotopic (exact) mass is 303 g/mol. The molecule has 116 valence electrons. The molecular formula is C20H21N3. The lowest BCUT2D eigenvalue weighted by Gasteiger charge is -2.09. The fourth-order valence-corrected chi connectivity index (χ4v) is 2.88. The number of pyridine rings is 1. The van der Waals surface area contributed by atoms with Crippen molar-refractivity contribution in [1.82, 2.24) is 9.38 Å². The first-order chi connectivity index (χ1) is 11.0. The van der Waals surface area contributed by atoms with Crippen LogP contribution in [-0.2, 0) is 0 Å². The molecule has 23 heavy (non-hydrogen) atoms. The van der Waals surface area contributed by atoms with Gasteiger partial charge in [-0.1, -0.05) is 38.1 Å². The van der Waals surface area contributed by atoms with Crippen LogP contribution in [-0.4, -0.2) is 9.38 Å². The molecule has 1 atom stereocenters. The van der Waals surface area contributed by atoms with Crippen LogP contribution in [0, 0.1) is 18.3 Å². The Bertz CT molecular complexity index is 880. The maximum atomic E-state index is 9.42. The highest BCUT2D eigenvalue weighted by Crippen LogP contribution is 2.31. The minimum atomic E-state index is -0.215. The van der Waals surface area contributed by atoms with E-state index < -0.39 is 0 Å². The second-order valence-electron chi connectivity index (χ2n) is 6.41. The summed E-state index contributed by atoms with van der Waals surface area (Å²) in [6.07, 6.45) is 2.01. The van der Waals surface area contributed by atoms with Gasteiger partial charge in [0.2, 0.25) is 0 Å². The third kappa shape index (κ3) is 2.73. The SMILES string of the molecule is Cc1ccn2c(C(C)C#N)c(-c3ccc(C(C)C)cc3)nc2c1. The molecule has 2 heterocycles. The molecule has 3 aromatic rings. The molecule has 0 bridgehead atoms. The topological polar surface area (TPSA) is 41.1 Å². The summed E-state index contributed by atoms with van der Waals surface area (Å²) in [4.78, 5) is 4.80. The van der Waals surface area contributed by atoms with Crippen molar-refractivity contribution in [3.63, 3.8) is 0 Å². The Morgan fingerprint density at radius 2 is 1.78 bits per heavy atom. The van der Waals surface area contributed by atoms with Gasteiger partial charge in [0, 0.05) is 11.8 Å². The summed E-state index contributed by atoms with van der Waals surface area (Å²) >= 11 is 0. The molecule has 3 nitrogen and oxygen atoms in total. The van der Waals surface area contributed by atoms with Crippen molar-refractivity contribution in [2.75, 3.05) is 0 Å². The predicted octanol–water partition coefficient (Wildman–Crippen LogP) is 5.06. The number of aromatic nitrogens is 2. The Morgan fingerprint density at radius 3 is 2.39 bits per heavy atom. The predicted molar refractivity (Wildman–Crippen MR) is 93.5 cm³/mol. The number of hydrogen-bond donors (Lipinski definition) is 0. The molecule has 0 amide bonds. The van der Waals surface area contributed by atoms with Crippen LogP contribution in [0.4, 0.5) is 0 Å². The molecule has 1 aromatic carbocycles. The number of hydrogen-bond acceptors (Lipinski definition) is 2. The number of fused-ring (bicyclic) bond motifs is 1. The third-order valence-corrected chi connectivity index (χ3v) is 4.27. The van der Waals surface area contributed by atoms with Crippen molar-refractivity contribution < 1.29 is 0 Å². The van der Waals surface area contributed by atoms with Gasteiger partial charge in [0.25, 0.3) is 0 Å². The van der Waals surface area contributed by atoms with Crippen LogP contribution < -0.4 is 0 Å². The average Bonchev–Trinajstić information content (AvgIpc) is 2.92.